The maximum atomic E-state index is 13.2. The van der Waals surface area contributed by atoms with E-state index in [1.54, 1.807) is 0 Å². The highest BCUT2D eigenvalue weighted by molar-refractivity contribution is 5.94. The van der Waals surface area contributed by atoms with Gasteiger partial charge in [0.1, 0.15) is 5.60 Å². The zero-order valence-electron chi connectivity index (χ0n) is 20.4. The van der Waals surface area contributed by atoms with Crippen LogP contribution in [0, 0.1) is 40.4 Å². The van der Waals surface area contributed by atoms with Crippen LogP contribution in [0.4, 0.5) is 0 Å². The molecule has 2 unspecified atom stereocenters. The second-order valence-electron chi connectivity index (χ2n) is 12.5. The Labute approximate surface area is 193 Å². The van der Waals surface area contributed by atoms with Crippen LogP contribution in [0.25, 0.3) is 0 Å². The summed E-state index contributed by atoms with van der Waals surface area (Å²) in [6, 6.07) is 0. The molecule has 4 N–H and O–H groups in total. The normalized spacial score (nSPS) is 42.4. The fourth-order valence-electron chi connectivity index (χ4n) is 8.53. The molecule has 3 fully saturated rings. The fraction of sp³-hybridized carbons (Fsp3) is 0.889. The first-order valence-electron chi connectivity index (χ1n) is 13.0. The van der Waals surface area contributed by atoms with E-state index in [-0.39, 0.29) is 23.2 Å². The van der Waals surface area contributed by atoms with E-state index in [4.69, 9.17) is 0 Å². The van der Waals surface area contributed by atoms with Gasteiger partial charge in [-0.15, -0.1) is 0 Å². The van der Waals surface area contributed by atoms with Gasteiger partial charge in [-0.3, -0.25) is 4.79 Å². The Morgan fingerprint density at radius 3 is 2.34 bits per heavy atom. The predicted molar refractivity (Wildman–Crippen MR) is 123 cm³/mol. The molecule has 4 rings (SSSR count). The minimum absolute atomic E-state index is 0.134. The quantitative estimate of drug-likeness (QED) is 0.454. The van der Waals surface area contributed by atoms with Crippen LogP contribution in [-0.2, 0) is 4.79 Å². The van der Waals surface area contributed by atoms with Crippen LogP contribution in [0.15, 0.2) is 11.6 Å². The molecule has 0 saturated heterocycles. The fourth-order valence-corrected chi connectivity index (χ4v) is 8.53. The number of hydrogen-bond donors (Lipinski definition) is 4. The first-order chi connectivity index (χ1) is 14.8. The number of allylic oxidation sites excluding steroid dienone is 2. The lowest BCUT2D eigenvalue weighted by atomic mass is 9.47. The molecule has 32 heavy (non-hydrogen) atoms. The van der Waals surface area contributed by atoms with Crippen LogP contribution >= 0.6 is 0 Å². The lowest BCUT2D eigenvalue weighted by Gasteiger charge is -2.56. The molecule has 182 valence electrons. The summed E-state index contributed by atoms with van der Waals surface area (Å²) in [4.78, 5) is 13.2. The zero-order valence-corrected chi connectivity index (χ0v) is 20.4. The SMILES string of the molecule is C[C@H](CCCC(C)(O)C(O)(O)O)[C@H]1CC[C@H]2C3=CC(=O)C4CCCC[C@]4(C)[C@H]3CC[C@]12C. The lowest BCUT2D eigenvalue weighted by molar-refractivity contribution is -0.388. The van der Waals surface area contributed by atoms with Crippen LogP contribution < -0.4 is 0 Å². The van der Waals surface area contributed by atoms with Gasteiger partial charge in [0.25, 0.3) is 0 Å². The predicted octanol–water partition coefficient (Wildman–Crippen LogP) is 4.32. The van der Waals surface area contributed by atoms with E-state index < -0.39 is 11.6 Å². The molecular weight excluding hydrogens is 404 g/mol. The summed E-state index contributed by atoms with van der Waals surface area (Å²) in [6.45, 7) is 8.39. The Kier molecular flexibility index (Phi) is 6.23. The number of fused-ring (bicyclic) bond motifs is 5. The third-order valence-electron chi connectivity index (χ3n) is 10.6. The minimum Gasteiger partial charge on any atom is -0.382 e. The Morgan fingerprint density at radius 1 is 0.969 bits per heavy atom. The van der Waals surface area contributed by atoms with Gasteiger partial charge in [0, 0.05) is 5.92 Å². The molecular formula is C27H44O5. The van der Waals surface area contributed by atoms with Crippen LogP contribution in [0.5, 0.6) is 0 Å². The zero-order chi connectivity index (χ0) is 23.5. The van der Waals surface area contributed by atoms with Gasteiger partial charge in [0.05, 0.1) is 0 Å². The highest BCUT2D eigenvalue weighted by atomic mass is 16.7. The summed E-state index contributed by atoms with van der Waals surface area (Å²) in [6.07, 6.45) is 13.2. The first-order valence-corrected chi connectivity index (χ1v) is 13.0. The van der Waals surface area contributed by atoms with Crippen LogP contribution in [0.1, 0.15) is 98.3 Å². The molecule has 0 aliphatic heterocycles. The molecule has 0 aromatic rings. The van der Waals surface area contributed by atoms with Gasteiger partial charge in [-0.1, -0.05) is 52.0 Å². The molecule has 5 heteroatoms. The number of carbonyl (C=O) groups excluding carboxylic acids is 1. The van der Waals surface area contributed by atoms with Crippen molar-refractivity contribution in [2.75, 3.05) is 0 Å². The number of rotatable bonds is 6. The van der Waals surface area contributed by atoms with E-state index in [9.17, 15) is 25.2 Å². The average Bonchev–Trinajstić information content (AvgIpc) is 3.04. The van der Waals surface area contributed by atoms with Crippen molar-refractivity contribution in [2.45, 2.75) is 110 Å². The van der Waals surface area contributed by atoms with Gasteiger partial charge in [-0.2, -0.15) is 0 Å². The van der Waals surface area contributed by atoms with Crippen LogP contribution in [0.2, 0.25) is 0 Å². The maximum Gasteiger partial charge on any atom is 0.305 e. The van der Waals surface area contributed by atoms with Crippen molar-refractivity contribution in [3.63, 3.8) is 0 Å². The largest absolute Gasteiger partial charge is 0.382 e. The molecule has 0 heterocycles. The third-order valence-corrected chi connectivity index (χ3v) is 10.6. The van der Waals surface area contributed by atoms with Gasteiger partial charge >= 0.3 is 5.97 Å². The second kappa shape index (κ2) is 8.18. The standard InChI is InChI=1S/C27H44O5/c1-17(8-7-14-26(4,29)27(30,31)32)19-10-11-20-18-16-23(28)22-9-5-6-13-24(22,2)21(18)12-15-25(19,20)3/h16-17,19-22,29-32H,5-15H2,1-4H3/t17-,19-,20+,21+,22?,24-,25-,26?/m1/s1. The summed E-state index contributed by atoms with van der Waals surface area (Å²) < 4.78 is 0. The van der Waals surface area contributed by atoms with Gasteiger partial charge < -0.3 is 20.4 Å². The summed E-state index contributed by atoms with van der Waals surface area (Å²) in [5, 5.41) is 38.3. The molecule has 3 saturated carbocycles. The van der Waals surface area contributed by atoms with Gasteiger partial charge in [0.15, 0.2) is 5.78 Å². The average molecular weight is 449 g/mol. The number of aliphatic hydroxyl groups is 4. The number of ketones is 1. The van der Waals surface area contributed by atoms with Crippen molar-refractivity contribution in [3.05, 3.63) is 11.6 Å². The van der Waals surface area contributed by atoms with Crippen LogP contribution in [0.3, 0.4) is 0 Å². The summed E-state index contributed by atoms with van der Waals surface area (Å²) >= 11 is 0. The third kappa shape index (κ3) is 3.81. The molecule has 0 bridgehead atoms. The Hall–Kier alpha value is -0.750. The molecule has 0 aromatic carbocycles. The Balaban J connectivity index is 1.47. The summed E-state index contributed by atoms with van der Waals surface area (Å²) in [5.74, 6) is -0.377. The topological polar surface area (TPSA) is 98.0 Å². The second-order valence-corrected chi connectivity index (χ2v) is 12.5. The minimum atomic E-state index is -3.08. The van der Waals surface area contributed by atoms with Crippen molar-refractivity contribution in [2.24, 2.45) is 40.4 Å². The van der Waals surface area contributed by atoms with E-state index >= 15 is 0 Å². The van der Waals surface area contributed by atoms with Gasteiger partial charge in [-0.25, -0.2) is 0 Å². The van der Waals surface area contributed by atoms with Gasteiger partial charge in [-0.05, 0) is 92.4 Å². The maximum absolute atomic E-state index is 13.2. The van der Waals surface area contributed by atoms with Crippen molar-refractivity contribution >= 4 is 5.78 Å². The molecule has 0 amide bonds. The molecule has 8 atom stereocenters. The highest BCUT2D eigenvalue weighted by Crippen LogP contribution is 2.66. The van der Waals surface area contributed by atoms with Crippen molar-refractivity contribution in [1.82, 2.24) is 0 Å². The Bertz CT molecular complexity index is 764. The first kappa shape index (κ1) is 24.4. The smallest absolute Gasteiger partial charge is 0.305 e. The van der Waals surface area contributed by atoms with Crippen molar-refractivity contribution in [3.8, 4) is 0 Å². The van der Waals surface area contributed by atoms with E-state index in [2.05, 4.69) is 26.8 Å². The number of carbonyl (C=O) groups is 1. The number of hydrogen-bond acceptors (Lipinski definition) is 5. The molecule has 0 aromatic heterocycles. The summed E-state index contributed by atoms with van der Waals surface area (Å²) in [5.41, 5.74) is -0.113. The molecule has 0 radical (unpaired) electrons. The van der Waals surface area contributed by atoms with Crippen molar-refractivity contribution in [1.29, 1.82) is 0 Å². The molecule has 5 nitrogen and oxygen atoms in total. The lowest BCUT2D eigenvalue weighted by Crippen LogP contribution is -2.52. The highest BCUT2D eigenvalue weighted by Gasteiger charge is 2.59. The molecule has 4 aliphatic carbocycles. The van der Waals surface area contributed by atoms with E-state index in [0.717, 1.165) is 19.3 Å². The van der Waals surface area contributed by atoms with E-state index in [0.29, 0.717) is 35.9 Å². The van der Waals surface area contributed by atoms with Crippen molar-refractivity contribution < 1.29 is 25.2 Å². The molecule has 0 spiro atoms. The van der Waals surface area contributed by atoms with E-state index in [1.807, 2.05) is 0 Å². The Morgan fingerprint density at radius 2 is 1.66 bits per heavy atom. The van der Waals surface area contributed by atoms with E-state index in [1.165, 1.54) is 51.0 Å². The summed E-state index contributed by atoms with van der Waals surface area (Å²) in [7, 11) is 0. The van der Waals surface area contributed by atoms with Crippen LogP contribution in [-0.4, -0.2) is 37.8 Å². The molecule has 4 aliphatic rings. The monoisotopic (exact) mass is 448 g/mol. The van der Waals surface area contributed by atoms with Gasteiger partial charge in [0.2, 0.25) is 0 Å².